The van der Waals surface area contributed by atoms with Crippen LogP contribution in [0.1, 0.15) is 23.7 Å². The third-order valence-corrected chi connectivity index (χ3v) is 4.45. The first-order chi connectivity index (χ1) is 9.61. The van der Waals surface area contributed by atoms with Gasteiger partial charge in [-0.3, -0.25) is 9.00 Å². The number of amides is 1. The van der Waals surface area contributed by atoms with Crippen LogP contribution in [0.5, 0.6) is 0 Å². The third-order valence-electron chi connectivity index (χ3n) is 2.73. The van der Waals surface area contributed by atoms with E-state index in [2.05, 4.69) is 5.32 Å². The highest BCUT2D eigenvalue weighted by Crippen LogP contribution is 2.14. The van der Waals surface area contributed by atoms with Gasteiger partial charge in [-0.05, 0) is 31.5 Å². The van der Waals surface area contributed by atoms with Crippen molar-refractivity contribution in [3.63, 3.8) is 0 Å². The summed E-state index contributed by atoms with van der Waals surface area (Å²) < 4.78 is 47.0. The molecule has 1 amide bonds. The summed E-state index contributed by atoms with van der Waals surface area (Å²) in [6, 6.07) is 2.44. The number of nitrogens with one attached hydrogen (secondary N) is 1. The van der Waals surface area contributed by atoms with Gasteiger partial charge >= 0.3 is 0 Å². The highest BCUT2D eigenvalue weighted by molar-refractivity contribution is 7.89. The monoisotopic (exact) mass is 336 g/mol. The lowest BCUT2D eigenvalue weighted by Crippen LogP contribution is -2.34. The Morgan fingerprint density at radius 2 is 2.10 bits per heavy atom. The molecular formula is C12H17FN2O4S2. The SMILES string of the molecule is CC(CCS(C)=O)NC(=O)c1cc(S(N)(=O)=O)ccc1F. The molecule has 0 spiro atoms. The van der Waals surface area contributed by atoms with Crippen LogP contribution >= 0.6 is 0 Å². The molecule has 3 N–H and O–H groups in total. The van der Waals surface area contributed by atoms with Gasteiger partial charge in [0, 0.05) is 28.9 Å². The fraction of sp³-hybridized carbons (Fsp3) is 0.417. The van der Waals surface area contributed by atoms with Gasteiger partial charge in [-0.25, -0.2) is 17.9 Å². The van der Waals surface area contributed by atoms with Gasteiger partial charge in [-0.1, -0.05) is 0 Å². The van der Waals surface area contributed by atoms with E-state index in [0.717, 1.165) is 18.2 Å². The summed E-state index contributed by atoms with van der Waals surface area (Å²) in [5.41, 5.74) is -0.397. The fourth-order valence-corrected chi connectivity index (χ4v) is 2.80. The van der Waals surface area contributed by atoms with E-state index in [1.54, 1.807) is 13.2 Å². The average Bonchev–Trinajstić information content (AvgIpc) is 2.35. The summed E-state index contributed by atoms with van der Waals surface area (Å²) >= 11 is 0. The standard InChI is InChI=1S/C12H17FN2O4S2/c1-8(5-6-20(2)17)15-12(16)10-7-9(21(14,18)19)3-4-11(10)13/h3-4,7-8H,5-6H2,1-2H3,(H,15,16)(H2,14,18,19). The van der Waals surface area contributed by atoms with Crippen LogP contribution in [0.3, 0.4) is 0 Å². The van der Waals surface area contributed by atoms with Crippen LogP contribution in [0.2, 0.25) is 0 Å². The number of hydrogen-bond donors (Lipinski definition) is 2. The quantitative estimate of drug-likeness (QED) is 0.782. The second kappa shape index (κ2) is 7.10. The smallest absolute Gasteiger partial charge is 0.254 e. The second-order valence-electron chi connectivity index (χ2n) is 4.63. The average molecular weight is 336 g/mol. The van der Waals surface area contributed by atoms with Crippen molar-refractivity contribution in [3.05, 3.63) is 29.6 Å². The molecule has 0 aliphatic rings. The van der Waals surface area contributed by atoms with Crippen molar-refractivity contribution >= 4 is 26.7 Å². The second-order valence-corrected chi connectivity index (χ2v) is 7.74. The lowest BCUT2D eigenvalue weighted by molar-refractivity contribution is 0.0935. The molecule has 1 aromatic rings. The lowest BCUT2D eigenvalue weighted by Gasteiger charge is -2.14. The lowest BCUT2D eigenvalue weighted by atomic mass is 10.1. The minimum absolute atomic E-state index is 0.320. The van der Waals surface area contributed by atoms with Crippen LogP contribution in [0, 0.1) is 5.82 Å². The van der Waals surface area contributed by atoms with Gasteiger partial charge in [0.05, 0.1) is 10.5 Å². The summed E-state index contributed by atoms with van der Waals surface area (Å²) in [5.74, 6) is -1.18. The highest BCUT2D eigenvalue weighted by atomic mass is 32.2. The minimum Gasteiger partial charge on any atom is -0.349 e. The Hall–Kier alpha value is -1.32. The maximum Gasteiger partial charge on any atom is 0.254 e. The van der Waals surface area contributed by atoms with E-state index < -0.39 is 38.1 Å². The Balaban J connectivity index is 2.89. The van der Waals surface area contributed by atoms with Crippen molar-refractivity contribution in [1.29, 1.82) is 0 Å². The maximum atomic E-state index is 13.6. The zero-order chi connectivity index (χ0) is 16.2. The Morgan fingerprint density at radius 1 is 1.48 bits per heavy atom. The number of primary sulfonamides is 1. The first kappa shape index (κ1) is 17.7. The zero-order valence-corrected chi connectivity index (χ0v) is 13.3. The van der Waals surface area contributed by atoms with E-state index in [-0.39, 0.29) is 10.9 Å². The Kier molecular flexibility index (Phi) is 5.99. The molecule has 6 nitrogen and oxygen atoms in total. The van der Waals surface area contributed by atoms with Crippen molar-refractivity contribution in [2.24, 2.45) is 5.14 Å². The van der Waals surface area contributed by atoms with E-state index in [1.165, 1.54) is 0 Å². The number of nitrogens with two attached hydrogens (primary N) is 1. The first-order valence-electron chi connectivity index (χ1n) is 6.04. The number of halogens is 1. The van der Waals surface area contributed by atoms with Crippen molar-refractivity contribution in [3.8, 4) is 0 Å². The van der Waals surface area contributed by atoms with E-state index >= 15 is 0 Å². The highest BCUT2D eigenvalue weighted by Gasteiger charge is 2.18. The van der Waals surface area contributed by atoms with Crippen LogP contribution in [0.4, 0.5) is 4.39 Å². The Labute approximate surface area is 125 Å². The van der Waals surface area contributed by atoms with Crippen LogP contribution < -0.4 is 10.5 Å². The molecule has 1 rings (SSSR count). The molecule has 0 bridgehead atoms. The van der Waals surface area contributed by atoms with E-state index in [0.29, 0.717) is 12.2 Å². The van der Waals surface area contributed by atoms with Gasteiger partial charge in [0.2, 0.25) is 10.0 Å². The summed E-state index contributed by atoms with van der Waals surface area (Å²) in [5, 5.41) is 7.46. The molecule has 21 heavy (non-hydrogen) atoms. The molecule has 2 unspecified atom stereocenters. The van der Waals surface area contributed by atoms with Gasteiger partial charge < -0.3 is 5.32 Å². The van der Waals surface area contributed by atoms with Crippen molar-refractivity contribution in [1.82, 2.24) is 5.32 Å². The van der Waals surface area contributed by atoms with E-state index in [4.69, 9.17) is 5.14 Å². The van der Waals surface area contributed by atoms with Gasteiger partial charge in [-0.15, -0.1) is 0 Å². The van der Waals surface area contributed by atoms with E-state index in [1.807, 2.05) is 0 Å². The zero-order valence-electron chi connectivity index (χ0n) is 11.6. The molecule has 0 aliphatic heterocycles. The van der Waals surface area contributed by atoms with Crippen LogP contribution in [-0.4, -0.2) is 36.6 Å². The molecular weight excluding hydrogens is 319 g/mol. The number of carbonyl (C=O) groups excluding carboxylic acids is 1. The van der Waals surface area contributed by atoms with Crippen LogP contribution in [-0.2, 0) is 20.8 Å². The third kappa shape index (κ3) is 5.52. The number of sulfonamides is 1. The van der Waals surface area contributed by atoms with E-state index in [9.17, 15) is 21.8 Å². The number of benzene rings is 1. The predicted octanol–water partition coefficient (Wildman–Crippen LogP) is 0.360. The molecule has 1 aromatic carbocycles. The van der Waals surface area contributed by atoms with Crippen LogP contribution in [0.25, 0.3) is 0 Å². The molecule has 9 heteroatoms. The topological polar surface area (TPSA) is 106 Å². The molecule has 0 heterocycles. The van der Waals surface area contributed by atoms with Gasteiger partial charge in [0.25, 0.3) is 5.91 Å². The maximum absolute atomic E-state index is 13.6. The van der Waals surface area contributed by atoms with Crippen molar-refractivity contribution in [2.75, 3.05) is 12.0 Å². The summed E-state index contributed by atoms with van der Waals surface area (Å²) in [6.45, 7) is 1.69. The molecule has 0 fully saturated rings. The first-order valence-corrected chi connectivity index (χ1v) is 9.32. The number of rotatable bonds is 6. The molecule has 118 valence electrons. The summed E-state index contributed by atoms with van der Waals surface area (Å²) in [7, 11) is -5.00. The Bertz CT molecular complexity index is 661. The van der Waals surface area contributed by atoms with Crippen LogP contribution in [0.15, 0.2) is 23.1 Å². The largest absolute Gasteiger partial charge is 0.349 e. The summed E-state index contributed by atoms with van der Waals surface area (Å²) in [4.78, 5) is 11.6. The number of hydrogen-bond acceptors (Lipinski definition) is 4. The van der Waals surface area contributed by atoms with Gasteiger partial charge in [0.15, 0.2) is 0 Å². The molecule has 2 atom stereocenters. The predicted molar refractivity (Wildman–Crippen MR) is 78.3 cm³/mol. The Morgan fingerprint density at radius 3 is 2.62 bits per heavy atom. The molecule has 0 radical (unpaired) electrons. The molecule has 0 aliphatic carbocycles. The fourth-order valence-electron chi connectivity index (χ4n) is 1.57. The van der Waals surface area contributed by atoms with Gasteiger partial charge in [-0.2, -0.15) is 0 Å². The summed E-state index contributed by atoms with van der Waals surface area (Å²) in [6.07, 6.45) is 2.01. The molecule has 0 saturated heterocycles. The number of carbonyl (C=O) groups is 1. The molecule has 0 aromatic heterocycles. The van der Waals surface area contributed by atoms with Gasteiger partial charge in [0.1, 0.15) is 5.82 Å². The van der Waals surface area contributed by atoms with Crippen molar-refractivity contribution < 1.29 is 21.8 Å². The minimum atomic E-state index is -4.01. The van der Waals surface area contributed by atoms with Crippen molar-refractivity contribution in [2.45, 2.75) is 24.3 Å². The normalized spacial score (nSPS) is 14.5. The molecule has 0 saturated carbocycles.